The molecular weight excluding hydrogens is 296 g/mol. The Labute approximate surface area is 122 Å². The topological polar surface area (TPSA) is 12.0 Å². The lowest BCUT2D eigenvalue weighted by Gasteiger charge is -2.31. The molecular formula is C14H25F6N. The third kappa shape index (κ3) is 8.53. The van der Waals surface area contributed by atoms with Crippen molar-refractivity contribution in [2.45, 2.75) is 77.2 Å². The van der Waals surface area contributed by atoms with E-state index in [2.05, 4.69) is 5.32 Å². The first kappa shape index (κ1) is 20.5. The molecule has 1 N–H and O–H groups in total. The lowest BCUT2D eigenvalue weighted by molar-refractivity contribution is -0.292. The number of nitrogens with one attached hydrogen (secondary N) is 1. The molecule has 0 rings (SSSR count). The molecule has 0 bridgehead atoms. The number of halogens is 6. The largest absolute Gasteiger partial charge is 0.401 e. The summed E-state index contributed by atoms with van der Waals surface area (Å²) in [5, 5.41) is 2.36. The molecule has 0 aromatic rings. The van der Waals surface area contributed by atoms with Gasteiger partial charge in [-0.2, -0.15) is 26.3 Å². The van der Waals surface area contributed by atoms with Gasteiger partial charge in [0.05, 0.1) is 0 Å². The van der Waals surface area contributed by atoms with E-state index in [0.29, 0.717) is 12.8 Å². The number of alkyl halides is 6. The fourth-order valence-corrected chi connectivity index (χ4v) is 2.44. The summed E-state index contributed by atoms with van der Waals surface area (Å²) < 4.78 is 76.2. The van der Waals surface area contributed by atoms with E-state index in [9.17, 15) is 26.3 Å². The molecule has 0 saturated carbocycles. The predicted octanol–water partition coefficient (Wildman–Crippen LogP) is 5.46. The number of unbranched alkanes of at least 4 members (excludes halogenated alkanes) is 5. The molecule has 0 heterocycles. The van der Waals surface area contributed by atoms with Gasteiger partial charge in [0, 0.05) is 6.04 Å². The van der Waals surface area contributed by atoms with Crippen LogP contribution >= 0.6 is 0 Å². The first-order chi connectivity index (χ1) is 9.64. The molecule has 0 aliphatic heterocycles. The van der Waals surface area contributed by atoms with Crippen LogP contribution in [0.25, 0.3) is 0 Å². The highest BCUT2D eigenvalue weighted by Crippen LogP contribution is 2.42. The predicted molar refractivity (Wildman–Crippen MR) is 71.1 cm³/mol. The first-order valence-corrected chi connectivity index (χ1v) is 7.51. The Balaban J connectivity index is 4.55. The van der Waals surface area contributed by atoms with Crippen molar-refractivity contribution in [3.8, 4) is 0 Å². The second kappa shape index (κ2) is 9.54. The van der Waals surface area contributed by atoms with Crippen molar-refractivity contribution < 1.29 is 26.3 Å². The quantitative estimate of drug-likeness (QED) is 0.416. The van der Waals surface area contributed by atoms with Gasteiger partial charge in [0.15, 0.2) is 5.92 Å². The maximum Gasteiger partial charge on any atom is 0.401 e. The summed E-state index contributed by atoms with van der Waals surface area (Å²) in [6.45, 7) is 3.64. The third-order valence-electron chi connectivity index (χ3n) is 3.44. The molecule has 0 spiro atoms. The molecule has 0 aromatic carbocycles. The van der Waals surface area contributed by atoms with Crippen LogP contribution < -0.4 is 5.32 Å². The summed E-state index contributed by atoms with van der Waals surface area (Å²) in [5.74, 6) is -3.29. The van der Waals surface area contributed by atoms with Crippen LogP contribution in [0.3, 0.4) is 0 Å². The molecule has 1 atom stereocenters. The van der Waals surface area contributed by atoms with Crippen molar-refractivity contribution in [2.75, 3.05) is 6.54 Å². The van der Waals surface area contributed by atoms with E-state index in [1.54, 1.807) is 0 Å². The van der Waals surface area contributed by atoms with Crippen molar-refractivity contribution in [1.82, 2.24) is 5.32 Å². The van der Waals surface area contributed by atoms with Gasteiger partial charge >= 0.3 is 12.4 Å². The van der Waals surface area contributed by atoms with Crippen LogP contribution in [0, 0.1) is 5.92 Å². The molecule has 0 fully saturated rings. The van der Waals surface area contributed by atoms with Gasteiger partial charge in [-0.15, -0.1) is 0 Å². The van der Waals surface area contributed by atoms with Crippen LogP contribution in [-0.4, -0.2) is 24.9 Å². The molecule has 128 valence electrons. The Hall–Kier alpha value is -0.460. The summed E-state index contributed by atoms with van der Waals surface area (Å²) in [7, 11) is 0. The third-order valence-corrected chi connectivity index (χ3v) is 3.44. The van der Waals surface area contributed by atoms with Gasteiger partial charge in [0.1, 0.15) is 0 Å². The molecule has 0 aliphatic carbocycles. The van der Waals surface area contributed by atoms with Crippen molar-refractivity contribution >= 4 is 0 Å². The normalized spacial score (nSPS) is 14.7. The monoisotopic (exact) mass is 321 g/mol. The highest BCUT2D eigenvalue weighted by molar-refractivity contribution is 4.87. The molecule has 1 nitrogen and oxygen atoms in total. The molecule has 21 heavy (non-hydrogen) atoms. The van der Waals surface area contributed by atoms with Gasteiger partial charge < -0.3 is 5.32 Å². The average Bonchev–Trinajstić information content (AvgIpc) is 2.30. The van der Waals surface area contributed by atoms with Gasteiger partial charge in [0.25, 0.3) is 0 Å². The Bertz CT molecular complexity index is 247. The lowest BCUT2D eigenvalue weighted by atomic mass is 9.93. The molecule has 0 radical (unpaired) electrons. The van der Waals surface area contributed by atoms with E-state index in [4.69, 9.17) is 0 Å². The highest BCUT2D eigenvalue weighted by atomic mass is 19.4. The van der Waals surface area contributed by atoms with E-state index in [-0.39, 0.29) is 13.0 Å². The maximum atomic E-state index is 12.7. The second-order valence-corrected chi connectivity index (χ2v) is 5.28. The molecule has 7 heteroatoms. The second-order valence-electron chi connectivity index (χ2n) is 5.28. The standard InChI is InChI=1S/C14H25F6N/c1-3-5-6-7-8-9-10-11(21-4-2)12(13(15,16)17)14(18,19)20/h11-12,21H,3-10H2,1-2H3. The van der Waals surface area contributed by atoms with Crippen LogP contribution in [0.5, 0.6) is 0 Å². The highest BCUT2D eigenvalue weighted by Gasteiger charge is 2.59. The van der Waals surface area contributed by atoms with Crippen LogP contribution in [0.4, 0.5) is 26.3 Å². The summed E-state index contributed by atoms with van der Waals surface area (Å²) in [6.07, 6.45) is -5.67. The summed E-state index contributed by atoms with van der Waals surface area (Å²) in [5.41, 5.74) is 0. The van der Waals surface area contributed by atoms with Gasteiger partial charge in [-0.05, 0) is 13.0 Å². The maximum absolute atomic E-state index is 12.7. The zero-order valence-corrected chi connectivity index (χ0v) is 12.6. The van der Waals surface area contributed by atoms with E-state index < -0.39 is 24.3 Å². The minimum atomic E-state index is -5.27. The first-order valence-electron chi connectivity index (χ1n) is 7.51. The van der Waals surface area contributed by atoms with Crippen molar-refractivity contribution in [3.05, 3.63) is 0 Å². The fraction of sp³-hybridized carbons (Fsp3) is 1.00. The van der Waals surface area contributed by atoms with Crippen LogP contribution in [0.1, 0.15) is 58.8 Å². The van der Waals surface area contributed by atoms with Gasteiger partial charge in [-0.3, -0.25) is 0 Å². The van der Waals surface area contributed by atoms with Crippen LogP contribution in [0.2, 0.25) is 0 Å². The van der Waals surface area contributed by atoms with E-state index in [0.717, 1.165) is 25.7 Å². The van der Waals surface area contributed by atoms with Gasteiger partial charge in [0.2, 0.25) is 0 Å². The zero-order valence-electron chi connectivity index (χ0n) is 12.6. The molecule has 0 amide bonds. The van der Waals surface area contributed by atoms with Crippen LogP contribution in [-0.2, 0) is 0 Å². The number of rotatable bonds is 10. The Morgan fingerprint density at radius 3 is 1.67 bits per heavy atom. The van der Waals surface area contributed by atoms with Crippen molar-refractivity contribution in [2.24, 2.45) is 5.92 Å². The Morgan fingerprint density at radius 2 is 1.24 bits per heavy atom. The van der Waals surface area contributed by atoms with Crippen molar-refractivity contribution in [3.63, 3.8) is 0 Å². The lowest BCUT2D eigenvalue weighted by Crippen LogP contribution is -2.51. The van der Waals surface area contributed by atoms with Crippen molar-refractivity contribution in [1.29, 1.82) is 0 Å². The SMILES string of the molecule is CCCCCCCCC(NCC)C(C(F)(F)F)C(F)(F)F. The van der Waals surface area contributed by atoms with Gasteiger partial charge in [-0.25, -0.2) is 0 Å². The zero-order chi connectivity index (χ0) is 16.5. The van der Waals surface area contributed by atoms with E-state index in [1.807, 2.05) is 6.92 Å². The van der Waals surface area contributed by atoms with Gasteiger partial charge in [-0.1, -0.05) is 52.4 Å². The fourth-order valence-electron chi connectivity index (χ4n) is 2.44. The summed E-state index contributed by atoms with van der Waals surface area (Å²) in [4.78, 5) is 0. The minimum absolute atomic E-state index is 0.0865. The Kier molecular flexibility index (Phi) is 9.33. The number of hydrogen-bond acceptors (Lipinski definition) is 1. The molecule has 1 unspecified atom stereocenters. The molecule has 0 aromatic heterocycles. The van der Waals surface area contributed by atoms with E-state index in [1.165, 1.54) is 6.92 Å². The number of hydrogen-bond donors (Lipinski definition) is 1. The Morgan fingerprint density at radius 1 is 0.762 bits per heavy atom. The summed E-state index contributed by atoms with van der Waals surface area (Å²) >= 11 is 0. The van der Waals surface area contributed by atoms with Crippen LogP contribution in [0.15, 0.2) is 0 Å². The smallest absolute Gasteiger partial charge is 0.313 e. The van der Waals surface area contributed by atoms with E-state index >= 15 is 0 Å². The minimum Gasteiger partial charge on any atom is -0.313 e. The molecule has 0 saturated heterocycles. The summed E-state index contributed by atoms with van der Waals surface area (Å²) in [6, 6.07) is -1.60. The average molecular weight is 321 g/mol. The molecule has 0 aliphatic rings.